The van der Waals surface area contributed by atoms with Crippen molar-refractivity contribution >= 4 is 18.4 Å². The Morgan fingerprint density at radius 3 is 2.64 bits per heavy atom. The van der Waals surface area contributed by atoms with Gasteiger partial charge in [0.05, 0.1) is 0 Å². The smallest absolute Gasteiger partial charge is 0.362 e. The number of hydrogen-bond donors (Lipinski definition) is 2. The number of quaternary nitrogens is 1. The lowest BCUT2D eigenvalue weighted by Crippen LogP contribution is -2.92. The fraction of sp³-hybridized carbons (Fsp3) is 0.300. The minimum Gasteiger partial charge on any atom is -0.477 e. The van der Waals surface area contributed by atoms with Crippen molar-refractivity contribution < 1.29 is 15.2 Å². The van der Waals surface area contributed by atoms with Gasteiger partial charge < -0.3 is 10.4 Å². The molecule has 0 aliphatic carbocycles. The lowest BCUT2D eigenvalue weighted by Gasteiger charge is -2.19. The van der Waals surface area contributed by atoms with Gasteiger partial charge in [0.1, 0.15) is 6.54 Å². The summed E-state index contributed by atoms with van der Waals surface area (Å²) in [6, 6.07) is 7.73. The molecule has 3 N–H and O–H groups in total. The molecule has 3 nitrogen and oxygen atoms in total. The van der Waals surface area contributed by atoms with Crippen LogP contribution in [0.5, 0.6) is 0 Å². The average molecular weight is 215 g/mol. The molecule has 2 rings (SSSR count). The van der Waals surface area contributed by atoms with Crippen molar-refractivity contribution in [3.8, 4) is 0 Å². The highest BCUT2D eigenvalue weighted by Crippen LogP contribution is 2.12. The molecule has 0 spiro atoms. The summed E-state index contributed by atoms with van der Waals surface area (Å²) in [7, 11) is 0. The third-order valence-corrected chi connectivity index (χ3v) is 2.50. The summed E-state index contributed by atoms with van der Waals surface area (Å²) in [6.45, 7) is 0.785. The molecule has 0 radical (unpaired) electrons. The fourth-order valence-electron chi connectivity index (χ4n) is 1.73. The van der Waals surface area contributed by atoms with Gasteiger partial charge in [0.2, 0.25) is 0 Å². The normalized spacial score (nSPS) is 19.3. The van der Waals surface area contributed by atoms with Crippen molar-refractivity contribution in [3.63, 3.8) is 0 Å². The van der Waals surface area contributed by atoms with Crippen LogP contribution in [0.25, 0.3) is 0 Å². The first-order valence-electron chi connectivity index (χ1n) is 4.40. The van der Waals surface area contributed by atoms with Crippen LogP contribution in [0.15, 0.2) is 24.3 Å². The maximum Gasteiger partial charge on any atom is 0.362 e. The highest BCUT2D eigenvalue weighted by Gasteiger charge is 2.26. The van der Waals surface area contributed by atoms with Crippen LogP contribution in [0.2, 0.25) is 0 Å². The summed E-state index contributed by atoms with van der Waals surface area (Å²) in [4.78, 5) is 10.7. The van der Waals surface area contributed by atoms with Crippen LogP contribution in [-0.4, -0.2) is 17.1 Å². The van der Waals surface area contributed by atoms with Gasteiger partial charge in [-0.15, -0.1) is 12.4 Å². The molecule has 1 atom stereocenters. The molecule has 0 amide bonds. The number of halogens is 1. The summed E-state index contributed by atoms with van der Waals surface area (Å²) in [6.07, 6.45) is 0.644. The highest BCUT2D eigenvalue weighted by molar-refractivity contribution is 5.85. The van der Waals surface area contributed by atoms with Crippen LogP contribution >= 0.6 is 12.4 Å². The zero-order valence-electron chi connectivity index (χ0n) is 7.64. The van der Waals surface area contributed by atoms with Crippen LogP contribution in [0, 0.1) is 0 Å². The number of benzene rings is 1. The molecule has 1 aliphatic rings. The molecule has 0 saturated carbocycles. The molecular weight excluding hydrogens is 202 g/mol. The third kappa shape index (κ3) is 2.05. The van der Waals surface area contributed by atoms with E-state index in [2.05, 4.69) is 6.07 Å². The van der Waals surface area contributed by atoms with Crippen LogP contribution in [0.4, 0.5) is 0 Å². The van der Waals surface area contributed by atoms with Gasteiger partial charge in [0, 0.05) is 12.0 Å². The van der Waals surface area contributed by atoms with E-state index in [0.717, 1.165) is 6.54 Å². The molecule has 0 bridgehead atoms. The number of carboxylic acids is 1. The Morgan fingerprint density at radius 2 is 2.00 bits per heavy atom. The largest absolute Gasteiger partial charge is 0.477 e. The zero-order valence-corrected chi connectivity index (χ0v) is 8.46. The summed E-state index contributed by atoms with van der Waals surface area (Å²) < 4.78 is 0. The van der Waals surface area contributed by atoms with Crippen molar-refractivity contribution in [3.05, 3.63) is 35.4 Å². The first-order valence-corrected chi connectivity index (χ1v) is 4.40. The van der Waals surface area contributed by atoms with Crippen LogP contribution in [0.3, 0.4) is 0 Å². The van der Waals surface area contributed by atoms with Crippen molar-refractivity contribution in [2.24, 2.45) is 0 Å². The van der Waals surface area contributed by atoms with Gasteiger partial charge in [-0.1, -0.05) is 24.3 Å². The van der Waals surface area contributed by atoms with Crippen molar-refractivity contribution in [2.75, 3.05) is 0 Å². The second-order valence-electron chi connectivity index (χ2n) is 3.36. The molecule has 1 aliphatic heterocycles. The minimum atomic E-state index is -0.713. The maximum absolute atomic E-state index is 10.7. The first kappa shape index (κ1) is 11.0. The Balaban J connectivity index is 0.000000980. The van der Waals surface area contributed by atoms with Crippen molar-refractivity contribution in [1.82, 2.24) is 0 Å². The molecule has 14 heavy (non-hydrogen) atoms. The van der Waals surface area contributed by atoms with E-state index in [1.54, 1.807) is 0 Å². The lowest BCUT2D eigenvalue weighted by atomic mass is 9.96. The van der Waals surface area contributed by atoms with E-state index in [9.17, 15) is 4.79 Å². The second kappa shape index (κ2) is 4.44. The molecule has 4 heteroatoms. The van der Waals surface area contributed by atoms with Crippen LogP contribution in [0.1, 0.15) is 11.1 Å². The van der Waals surface area contributed by atoms with Gasteiger partial charge in [-0.2, -0.15) is 0 Å². The van der Waals surface area contributed by atoms with Crippen LogP contribution < -0.4 is 5.32 Å². The van der Waals surface area contributed by atoms with Gasteiger partial charge >= 0.3 is 5.97 Å². The lowest BCUT2D eigenvalue weighted by molar-refractivity contribution is -0.696. The SMILES string of the molecule is Cl.O=C(O)C1Cc2ccccc2C[NH2+]1. The molecule has 1 heterocycles. The number of nitrogens with two attached hydrogens (primary N) is 1. The van der Waals surface area contributed by atoms with Crippen LogP contribution in [-0.2, 0) is 17.8 Å². The zero-order chi connectivity index (χ0) is 9.26. The molecule has 0 aromatic heterocycles. The minimum absolute atomic E-state index is 0. The van der Waals surface area contributed by atoms with E-state index in [1.807, 2.05) is 23.5 Å². The van der Waals surface area contributed by atoms with Crippen molar-refractivity contribution in [1.29, 1.82) is 0 Å². The van der Waals surface area contributed by atoms with E-state index in [4.69, 9.17) is 5.11 Å². The average Bonchev–Trinajstić information content (AvgIpc) is 2.17. The van der Waals surface area contributed by atoms with Crippen molar-refractivity contribution in [2.45, 2.75) is 19.0 Å². The van der Waals surface area contributed by atoms with E-state index < -0.39 is 5.97 Å². The molecule has 0 fully saturated rings. The van der Waals surface area contributed by atoms with Gasteiger partial charge in [0.15, 0.2) is 6.04 Å². The number of carbonyl (C=O) groups is 1. The predicted octanol–water partition coefficient (Wildman–Crippen LogP) is 0.181. The van der Waals surface area contributed by atoms with E-state index in [-0.39, 0.29) is 18.4 Å². The molecule has 0 saturated heterocycles. The second-order valence-corrected chi connectivity index (χ2v) is 3.36. The summed E-state index contributed by atoms with van der Waals surface area (Å²) in [5.74, 6) is -0.713. The van der Waals surface area contributed by atoms with Gasteiger partial charge in [-0.3, -0.25) is 0 Å². The Morgan fingerprint density at radius 1 is 1.36 bits per heavy atom. The van der Waals surface area contributed by atoms with Gasteiger partial charge in [-0.25, -0.2) is 4.79 Å². The number of hydrogen-bond acceptors (Lipinski definition) is 1. The number of rotatable bonds is 1. The standard InChI is InChI=1S/C10H11NO2.ClH/c12-10(13)9-5-7-3-1-2-4-8(7)6-11-9;/h1-4,9,11H,5-6H2,(H,12,13);1H/p+1. The predicted molar refractivity (Wildman–Crippen MR) is 54.4 cm³/mol. The number of aliphatic carboxylic acids is 1. The Bertz CT molecular complexity index is 341. The Hall–Kier alpha value is -1.06. The summed E-state index contributed by atoms with van der Waals surface area (Å²) >= 11 is 0. The van der Waals surface area contributed by atoms with Gasteiger partial charge in [0.25, 0.3) is 0 Å². The van der Waals surface area contributed by atoms with E-state index in [1.165, 1.54) is 11.1 Å². The molecule has 1 aromatic carbocycles. The molecule has 1 unspecified atom stereocenters. The highest BCUT2D eigenvalue weighted by atomic mass is 35.5. The topological polar surface area (TPSA) is 53.9 Å². The third-order valence-electron chi connectivity index (χ3n) is 2.50. The molecular formula is C10H13ClNO2+. The quantitative estimate of drug-likeness (QED) is 0.701. The van der Waals surface area contributed by atoms with Gasteiger partial charge in [-0.05, 0) is 5.56 Å². The molecule has 1 aromatic rings. The fourth-order valence-corrected chi connectivity index (χ4v) is 1.73. The first-order chi connectivity index (χ1) is 6.27. The summed E-state index contributed by atoms with van der Waals surface area (Å²) in [5, 5.41) is 10.7. The van der Waals surface area contributed by atoms with E-state index in [0.29, 0.717) is 6.42 Å². The molecule has 76 valence electrons. The summed E-state index contributed by atoms with van der Waals surface area (Å²) in [5.41, 5.74) is 2.44. The Kier molecular flexibility index (Phi) is 3.49. The maximum atomic E-state index is 10.7. The van der Waals surface area contributed by atoms with E-state index >= 15 is 0 Å². The monoisotopic (exact) mass is 214 g/mol. The number of carboxylic acid groups (broad SMARTS) is 1. The Labute approximate surface area is 88.5 Å². The number of fused-ring (bicyclic) bond motifs is 1.